The fourth-order valence-corrected chi connectivity index (χ4v) is 2.80. The highest BCUT2D eigenvalue weighted by atomic mass is 35.5. The summed E-state index contributed by atoms with van der Waals surface area (Å²) < 4.78 is 5.73. The van der Waals surface area contributed by atoms with Gasteiger partial charge in [-0.25, -0.2) is 5.01 Å². The Labute approximate surface area is 149 Å². The minimum absolute atomic E-state index is 0.146. The first-order chi connectivity index (χ1) is 11.9. The second-order valence-electron chi connectivity index (χ2n) is 5.65. The van der Waals surface area contributed by atoms with Crippen LogP contribution in [0.15, 0.2) is 53.6 Å². The molecule has 7 heteroatoms. The van der Waals surface area contributed by atoms with Gasteiger partial charge in [-0.3, -0.25) is 9.59 Å². The highest BCUT2D eigenvalue weighted by Crippen LogP contribution is 2.29. The summed E-state index contributed by atoms with van der Waals surface area (Å²) in [5.74, 6) is -0.0313. The summed E-state index contributed by atoms with van der Waals surface area (Å²) >= 11 is 5.94. The highest BCUT2D eigenvalue weighted by Gasteiger charge is 2.31. The van der Waals surface area contributed by atoms with Gasteiger partial charge in [-0.1, -0.05) is 29.8 Å². The van der Waals surface area contributed by atoms with E-state index < -0.39 is 11.8 Å². The maximum Gasteiger partial charge on any atom is 0.265 e. The van der Waals surface area contributed by atoms with E-state index in [1.54, 1.807) is 48.5 Å². The van der Waals surface area contributed by atoms with Gasteiger partial charge in [0.25, 0.3) is 5.91 Å². The molecule has 0 saturated carbocycles. The van der Waals surface area contributed by atoms with E-state index in [9.17, 15) is 9.59 Å². The van der Waals surface area contributed by atoms with Crippen molar-refractivity contribution in [3.8, 4) is 11.5 Å². The normalized spacial score (nSPS) is 17.2. The van der Waals surface area contributed by atoms with Gasteiger partial charge >= 0.3 is 0 Å². The number of nitrogens with two attached hydrogens (primary N) is 1. The number of benzene rings is 2. The van der Waals surface area contributed by atoms with Crippen molar-refractivity contribution in [2.45, 2.75) is 12.3 Å². The van der Waals surface area contributed by atoms with Gasteiger partial charge in [-0.15, -0.1) is 0 Å². The van der Waals surface area contributed by atoms with Crippen LogP contribution in [0.1, 0.15) is 17.9 Å². The van der Waals surface area contributed by atoms with Crippen LogP contribution in [0.25, 0.3) is 0 Å². The Morgan fingerprint density at radius 2 is 1.96 bits per heavy atom. The van der Waals surface area contributed by atoms with Crippen LogP contribution in [0.3, 0.4) is 0 Å². The number of halogens is 1. The number of hydrogen-bond acceptors (Lipinski definition) is 4. The van der Waals surface area contributed by atoms with Crippen LogP contribution in [0, 0.1) is 0 Å². The summed E-state index contributed by atoms with van der Waals surface area (Å²) in [7, 11) is 1.50. The van der Waals surface area contributed by atoms with Gasteiger partial charge in [0.05, 0.1) is 0 Å². The van der Waals surface area contributed by atoms with E-state index in [0.29, 0.717) is 16.5 Å². The van der Waals surface area contributed by atoms with E-state index in [1.165, 1.54) is 7.05 Å². The molecule has 25 heavy (non-hydrogen) atoms. The zero-order valence-corrected chi connectivity index (χ0v) is 14.2. The third-order valence-corrected chi connectivity index (χ3v) is 4.13. The van der Waals surface area contributed by atoms with Crippen molar-refractivity contribution in [2.75, 3.05) is 7.05 Å². The predicted octanol–water partition coefficient (Wildman–Crippen LogP) is 2.92. The molecule has 2 N–H and O–H groups in total. The van der Waals surface area contributed by atoms with Gasteiger partial charge in [0.1, 0.15) is 17.2 Å². The van der Waals surface area contributed by atoms with Gasteiger partial charge in [-0.2, -0.15) is 5.10 Å². The maximum absolute atomic E-state index is 11.9. The summed E-state index contributed by atoms with van der Waals surface area (Å²) in [6, 6.07) is 14.2. The largest absolute Gasteiger partial charge is 0.457 e. The average Bonchev–Trinajstić information content (AvgIpc) is 2.57. The third kappa shape index (κ3) is 3.80. The molecule has 1 unspecified atom stereocenters. The monoisotopic (exact) mass is 357 g/mol. The lowest BCUT2D eigenvalue weighted by Gasteiger charge is -2.26. The molecule has 6 nitrogen and oxygen atoms in total. The molecular formula is C18H16ClN3O3. The molecule has 128 valence electrons. The molecule has 0 aliphatic carbocycles. The molecule has 0 spiro atoms. The van der Waals surface area contributed by atoms with Gasteiger partial charge in [-0.05, 0) is 35.9 Å². The van der Waals surface area contributed by atoms with Gasteiger partial charge in [0, 0.05) is 24.4 Å². The number of carbonyl (C=O) groups is 2. The van der Waals surface area contributed by atoms with E-state index >= 15 is 0 Å². The van der Waals surface area contributed by atoms with Crippen LogP contribution in [0.4, 0.5) is 0 Å². The van der Waals surface area contributed by atoms with E-state index in [4.69, 9.17) is 22.1 Å². The van der Waals surface area contributed by atoms with Crippen molar-refractivity contribution in [3.63, 3.8) is 0 Å². The van der Waals surface area contributed by atoms with Crippen molar-refractivity contribution >= 4 is 29.1 Å². The topological polar surface area (TPSA) is 85.0 Å². The van der Waals surface area contributed by atoms with E-state index in [1.807, 2.05) is 0 Å². The fourth-order valence-electron chi connectivity index (χ4n) is 2.62. The SMILES string of the molecule is CN1N=C(C(N)=O)C(c2ccc(Oc3cccc(Cl)c3)cc2)CC1=O. The molecule has 2 aromatic carbocycles. The molecule has 0 fully saturated rings. The summed E-state index contributed by atoms with van der Waals surface area (Å²) in [5.41, 5.74) is 6.35. The molecule has 1 aliphatic heterocycles. The molecule has 1 atom stereocenters. The summed E-state index contributed by atoms with van der Waals surface area (Å²) in [4.78, 5) is 23.6. The molecular weight excluding hydrogens is 342 g/mol. The van der Waals surface area contributed by atoms with Crippen molar-refractivity contribution < 1.29 is 14.3 Å². The number of primary amides is 1. The molecule has 0 radical (unpaired) electrons. The second-order valence-corrected chi connectivity index (χ2v) is 6.09. The van der Waals surface area contributed by atoms with Crippen molar-refractivity contribution in [1.29, 1.82) is 0 Å². The smallest absolute Gasteiger partial charge is 0.265 e. The van der Waals surface area contributed by atoms with Crippen molar-refractivity contribution in [2.24, 2.45) is 10.8 Å². The lowest BCUT2D eigenvalue weighted by atomic mass is 9.89. The van der Waals surface area contributed by atoms with Crippen LogP contribution in [0.2, 0.25) is 5.02 Å². The van der Waals surface area contributed by atoms with Gasteiger partial charge in [0.2, 0.25) is 5.91 Å². The lowest BCUT2D eigenvalue weighted by Crippen LogP contribution is -2.39. The highest BCUT2D eigenvalue weighted by molar-refractivity contribution is 6.41. The molecule has 1 heterocycles. The zero-order valence-electron chi connectivity index (χ0n) is 13.5. The Morgan fingerprint density at radius 1 is 1.24 bits per heavy atom. The van der Waals surface area contributed by atoms with Crippen LogP contribution < -0.4 is 10.5 Å². The molecule has 2 amide bonds. The van der Waals surface area contributed by atoms with Crippen LogP contribution in [-0.4, -0.2) is 29.6 Å². The molecule has 1 aliphatic rings. The first-order valence-electron chi connectivity index (χ1n) is 7.62. The van der Waals surface area contributed by atoms with Crippen LogP contribution in [0.5, 0.6) is 11.5 Å². The zero-order chi connectivity index (χ0) is 18.0. The Bertz CT molecular complexity index is 849. The summed E-state index contributed by atoms with van der Waals surface area (Å²) in [6.07, 6.45) is 0.146. The van der Waals surface area contributed by atoms with Gasteiger partial charge in [0.15, 0.2) is 0 Å². The summed E-state index contributed by atoms with van der Waals surface area (Å²) in [5, 5.41) is 5.73. The summed E-state index contributed by atoms with van der Waals surface area (Å²) in [6.45, 7) is 0. The Kier molecular flexibility index (Phi) is 4.72. The fraction of sp³-hybridized carbons (Fsp3) is 0.167. The van der Waals surface area contributed by atoms with Crippen molar-refractivity contribution in [3.05, 3.63) is 59.1 Å². The van der Waals surface area contributed by atoms with E-state index in [2.05, 4.69) is 5.10 Å². The van der Waals surface area contributed by atoms with Gasteiger partial charge < -0.3 is 10.5 Å². The molecule has 3 rings (SSSR count). The van der Waals surface area contributed by atoms with Crippen LogP contribution >= 0.6 is 11.6 Å². The number of hydrogen-bond donors (Lipinski definition) is 1. The van der Waals surface area contributed by atoms with Crippen molar-refractivity contribution in [1.82, 2.24) is 5.01 Å². The number of amides is 2. The van der Waals surface area contributed by atoms with E-state index in [0.717, 1.165) is 10.6 Å². The number of hydrazone groups is 1. The van der Waals surface area contributed by atoms with Crippen LogP contribution in [-0.2, 0) is 9.59 Å². The lowest BCUT2D eigenvalue weighted by molar-refractivity contribution is -0.130. The Hall–Kier alpha value is -2.86. The second kappa shape index (κ2) is 6.94. The maximum atomic E-state index is 11.9. The molecule has 0 saturated heterocycles. The predicted molar refractivity (Wildman–Crippen MR) is 94.7 cm³/mol. The standard InChI is InChI=1S/C18H16ClN3O3/c1-22-16(23)10-15(17(21-22)18(20)24)11-5-7-13(8-6-11)25-14-4-2-3-12(19)9-14/h2-9,15H,10H2,1H3,(H2,20,24). The first kappa shape index (κ1) is 17.0. The number of carbonyl (C=O) groups excluding carboxylic acids is 2. The average molecular weight is 358 g/mol. The Balaban J connectivity index is 1.83. The number of nitrogens with zero attached hydrogens (tertiary/aromatic N) is 2. The molecule has 0 bridgehead atoms. The number of rotatable bonds is 4. The van der Waals surface area contributed by atoms with E-state index in [-0.39, 0.29) is 18.0 Å². The Morgan fingerprint density at radius 3 is 2.60 bits per heavy atom. The quantitative estimate of drug-likeness (QED) is 0.912. The molecule has 2 aromatic rings. The minimum atomic E-state index is -0.636. The first-order valence-corrected chi connectivity index (χ1v) is 8.00. The third-order valence-electron chi connectivity index (χ3n) is 3.89. The minimum Gasteiger partial charge on any atom is -0.457 e. The molecule has 0 aromatic heterocycles. The number of ether oxygens (including phenoxy) is 1.